The number of unbranched alkanes of at least 4 members (excludes halogenated alkanes) is 1. The molecule has 1 aromatic carbocycles. The maximum absolute atomic E-state index is 6.18. The summed E-state index contributed by atoms with van der Waals surface area (Å²) in [5.41, 5.74) is 6.72. The molecular formula is C12H18ClNS. The predicted octanol–water partition coefficient (Wildman–Crippen LogP) is 3.73. The van der Waals surface area contributed by atoms with Crippen LogP contribution in [0.3, 0.4) is 0 Å². The van der Waals surface area contributed by atoms with Gasteiger partial charge in [-0.05, 0) is 42.8 Å². The van der Waals surface area contributed by atoms with Crippen molar-refractivity contribution in [3.05, 3.63) is 28.8 Å². The van der Waals surface area contributed by atoms with Gasteiger partial charge in [0.1, 0.15) is 0 Å². The molecular weight excluding hydrogens is 226 g/mol. The fourth-order valence-corrected chi connectivity index (χ4v) is 2.69. The summed E-state index contributed by atoms with van der Waals surface area (Å²) in [5, 5.41) is 0.863. The fourth-order valence-electron chi connectivity index (χ4n) is 1.31. The van der Waals surface area contributed by atoms with Crippen molar-refractivity contribution in [2.45, 2.75) is 31.1 Å². The van der Waals surface area contributed by atoms with Crippen LogP contribution in [0.1, 0.15) is 25.3 Å². The largest absolute Gasteiger partial charge is 0.330 e. The first kappa shape index (κ1) is 12.9. The first-order chi connectivity index (χ1) is 7.27. The van der Waals surface area contributed by atoms with Crippen LogP contribution in [0.2, 0.25) is 5.02 Å². The molecule has 3 heteroatoms. The Morgan fingerprint density at radius 1 is 1.40 bits per heavy atom. The smallest absolute Gasteiger partial charge is 0.0544 e. The van der Waals surface area contributed by atoms with Gasteiger partial charge in [0, 0.05) is 4.90 Å². The number of benzene rings is 1. The Morgan fingerprint density at radius 3 is 2.80 bits per heavy atom. The zero-order valence-electron chi connectivity index (χ0n) is 9.13. The van der Waals surface area contributed by atoms with E-state index in [0.29, 0.717) is 6.54 Å². The Kier molecular flexibility index (Phi) is 6.15. The van der Waals surface area contributed by atoms with Crippen LogP contribution in [0, 0.1) is 0 Å². The first-order valence-electron chi connectivity index (χ1n) is 5.39. The van der Waals surface area contributed by atoms with E-state index in [0.717, 1.165) is 17.2 Å². The highest BCUT2D eigenvalue weighted by Gasteiger charge is 2.02. The van der Waals surface area contributed by atoms with Crippen LogP contribution in [0.15, 0.2) is 23.1 Å². The van der Waals surface area contributed by atoms with Crippen molar-refractivity contribution >= 4 is 23.4 Å². The van der Waals surface area contributed by atoms with Crippen LogP contribution in [-0.4, -0.2) is 12.3 Å². The third kappa shape index (κ3) is 4.45. The standard InChI is InChI=1S/C12H18ClNS/c1-2-3-8-15-12-5-4-10(6-7-14)9-11(12)13/h4-5,9H,2-3,6-8,14H2,1H3. The van der Waals surface area contributed by atoms with Crippen molar-refractivity contribution < 1.29 is 0 Å². The molecule has 84 valence electrons. The van der Waals surface area contributed by atoms with E-state index in [9.17, 15) is 0 Å². The maximum Gasteiger partial charge on any atom is 0.0544 e. The second kappa shape index (κ2) is 7.15. The number of hydrogen-bond donors (Lipinski definition) is 1. The molecule has 0 bridgehead atoms. The Morgan fingerprint density at radius 2 is 2.20 bits per heavy atom. The van der Waals surface area contributed by atoms with Crippen LogP contribution in [0.4, 0.5) is 0 Å². The highest BCUT2D eigenvalue weighted by Crippen LogP contribution is 2.28. The highest BCUT2D eigenvalue weighted by atomic mass is 35.5. The highest BCUT2D eigenvalue weighted by molar-refractivity contribution is 7.99. The molecule has 0 fully saturated rings. The predicted molar refractivity (Wildman–Crippen MR) is 69.8 cm³/mol. The molecule has 0 aliphatic rings. The summed E-state index contributed by atoms with van der Waals surface area (Å²) >= 11 is 8.02. The summed E-state index contributed by atoms with van der Waals surface area (Å²) in [6.07, 6.45) is 3.38. The van der Waals surface area contributed by atoms with Crippen molar-refractivity contribution in [3.8, 4) is 0 Å². The summed E-state index contributed by atoms with van der Waals surface area (Å²) in [6, 6.07) is 6.25. The minimum atomic E-state index is 0.679. The third-order valence-electron chi connectivity index (χ3n) is 2.18. The Bertz CT molecular complexity index is 302. The SMILES string of the molecule is CCCCSc1ccc(CCN)cc1Cl. The zero-order chi connectivity index (χ0) is 11.1. The topological polar surface area (TPSA) is 26.0 Å². The van der Waals surface area contributed by atoms with Gasteiger partial charge in [0.2, 0.25) is 0 Å². The van der Waals surface area contributed by atoms with E-state index in [1.165, 1.54) is 23.3 Å². The number of hydrogen-bond acceptors (Lipinski definition) is 2. The van der Waals surface area contributed by atoms with Gasteiger partial charge in [0.15, 0.2) is 0 Å². The molecule has 1 nitrogen and oxygen atoms in total. The molecule has 0 atom stereocenters. The zero-order valence-corrected chi connectivity index (χ0v) is 10.7. The lowest BCUT2D eigenvalue weighted by molar-refractivity contribution is 0.896. The molecule has 0 saturated heterocycles. The first-order valence-corrected chi connectivity index (χ1v) is 6.75. The number of thioether (sulfide) groups is 1. The van der Waals surface area contributed by atoms with E-state index >= 15 is 0 Å². The van der Waals surface area contributed by atoms with Gasteiger partial charge in [-0.3, -0.25) is 0 Å². The number of rotatable bonds is 6. The van der Waals surface area contributed by atoms with Crippen LogP contribution in [-0.2, 0) is 6.42 Å². The van der Waals surface area contributed by atoms with Crippen LogP contribution in [0.25, 0.3) is 0 Å². The quantitative estimate of drug-likeness (QED) is 0.609. The Balaban J connectivity index is 2.58. The molecule has 1 rings (SSSR count). The second-order valence-electron chi connectivity index (χ2n) is 3.51. The van der Waals surface area contributed by atoms with Gasteiger partial charge in [0.05, 0.1) is 5.02 Å². The fraction of sp³-hybridized carbons (Fsp3) is 0.500. The van der Waals surface area contributed by atoms with Crippen LogP contribution >= 0.6 is 23.4 Å². The summed E-state index contributed by atoms with van der Waals surface area (Å²) in [4.78, 5) is 1.19. The minimum absolute atomic E-state index is 0.679. The van der Waals surface area contributed by atoms with Crippen molar-refractivity contribution in [3.63, 3.8) is 0 Å². The Hall–Kier alpha value is -0.180. The molecule has 0 aliphatic heterocycles. The van der Waals surface area contributed by atoms with Gasteiger partial charge in [-0.1, -0.05) is 31.0 Å². The van der Waals surface area contributed by atoms with E-state index in [1.54, 1.807) is 0 Å². The number of nitrogens with two attached hydrogens (primary N) is 1. The lowest BCUT2D eigenvalue weighted by Gasteiger charge is -2.05. The summed E-state index contributed by atoms with van der Waals surface area (Å²) in [7, 11) is 0. The third-order valence-corrected chi connectivity index (χ3v) is 3.77. The molecule has 0 saturated carbocycles. The van der Waals surface area contributed by atoms with E-state index in [2.05, 4.69) is 19.1 Å². The molecule has 0 amide bonds. The van der Waals surface area contributed by atoms with Crippen LogP contribution in [0.5, 0.6) is 0 Å². The molecule has 0 unspecified atom stereocenters. The second-order valence-corrected chi connectivity index (χ2v) is 5.05. The normalized spacial score (nSPS) is 10.6. The summed E-state index contributed by atoms with van der Waals surface area (Å²) in [5.74, 6) is 1.15. The Labute approximate surface area is 101 Å². The monoisotopic (exact) mass is 243 g/mol. The molecule has 1 aromatic rings. The lowest BCUT2D eigenvalue weighted by Crippen LogP contribution is -2.02. The molecule has 15 heavy (non-hydrogen) atoms. The van der Waals surface area contributed by atoms with E-state index in [-0.39, 0.29) is 0 Å². The van der Waals surface area contributed by atoms with Gasteiger partial charge in [-0.2, -0.15) is 0 Å². The minimum Gasteiger partial charge on any atom is -0.330 e. The average molecular weight is 244 g/mol. The van der Waals surface area contributed by atoms with Crippen LogP contribution < -0.4 is 5.73 Å². The number of halogens is 1. The summed E-state index contributed by atoms with van der Waals surface area (Å²) < 4.78 is 0. The van der Waals surface area contributed by atoms with Crippen molar-refractivity contribution in [2.24, 2.45) is 5.73 Å². The molecule has 2 N–H and O–H groups in total. The maximum atomic E-state index is 6.18. The molecule has 0 aromatic heterocycles. The molecule has 0 spiro atoms. The average Bonchev–Trinajstić information content (AvgIpc) is 2.22. The lowest BCUT2D eigenvalue weighted by atomic mass is 10.1. The van der Waals surface area contributed by atoms with E-state index in [4.69, 9.17) is 17.3 Å². The van der Waals surface area contributed by atoms with Gasteiger partial charge in [-0.25, -0.2) is 0 Å². The van der Waals surface area contributed by atoms with Gasteiger partial charge < -0.3 is 5.73 Å². The van der Waals surface area contributed by atoms with Gasteiger partial charge in [-0.15, -0.1) is 11.8 Å². The molecule has 0 aliphatic carbocycles. The van der Waals surface area contributed by atoms with Crippen molar-refractivity contribution in [1.29, 1.82) is 0 Å². The molecule has 0 heterocycles. The van der Waals surface area contributed by atoms with Crippen molar-refractivity contribution in [1.82, 2.24) is 0 Å². The summed E-state index contributed by atoms with van der Waals surface area (Å²) in [6.45, 7) is 2.88. The van der Waals surface area contributed by atoms with E-state index < -0.39 is 0 Å². The van der Waals surface area contributed by atoms with Crippen molar-refractivity contribution in [2.75, 3.05) is 12.3 Å². The van der Waals surface area contributed by atoms with E-state index in [1.807, 2.05) is 17.8 Å². The van der Waals surface area contributed by atoms with Gasteiger partial charge >= 0.3 is 0 Å². The molecule has 0 radical (unpaired) electrons. The van der Waals surface area contributed by atoms with Gasteiger partial charge in [0.25, 0.3) is 0 Å².